The highest BCUT2D eigenvalue weighted by Crippen LogP contribution is 2.34. The molecule has 1 atom stereocenters. The number of unbranched alkanes of at least 4 members (excludes halogenated alkanes) is 24. The minimum Gasteiger partial charge on any atom is -0.375 e. The Morgan fingerprint density at radius 1 is 0.450 bits per heavy atom. The summed E-state index contributed by atoms with van der Waals surface area (Å²) in [4.78, 5) is 26.3. The summed E-state index contributed by atoms with van der Waals surface area (Å²) in [5.74, 6) is -0.384. The molecule has 1 unspecified atom stereocenters. The van der Waals surface area contributed by atoms with Crippen LogP contribution in [0.2, 0.25) is 0 Å². The van der Waals surface area contributed by atoms with E-state index in [0.717, 1.165) is 38.5 Å². The Balaban J connectivity index is 4.02. The molecule has 238 valence electrons. The third-order valence-electron chi connectivity index (χ3n) is 9.14. The minimum absolute atomic E-state index is 0.192. The van der Waals surface area contributed by atoms with Gasteiger partial charge in [0.15, 0.2) is 0 Å². The second-order valence-electron chi connectivity index (χ2n) is 13.1. The van der Waals surface area contributed by atoms with Crippen molar-refractivity contribution in [3.63, 3.8) is 0 Å². The molecule has 0 rings (SSSR count). The standard InChI is InChI=1S/C36H71NO3/c1-5-7-9-11-13-15-17-19-21-23-25-27-29-31-33(38)35(3,36(4,37)40)34(39)32-30-28-26-24-22-20-18-16-14-12-10-8-6-2/h40H,5-32,37H2,1-4H3. The smallest absolute Gasteiger partial charge is 0.150 e. The molecule has 0 aliphatic heterocycles. The average Bonchev–Trinajstić information content (AvgIpc) is 2.92. The van der Waals surface area contributed by atoms with Crippen molar-refractivity contribution in [2.24, 2.45) is 11.1 Å². The van der Waals surface area contributed by atoms with Crippen molar-refractivity contribution in [3.8, 4) is 0 Å². The zero-order chi connectivity index (χ0) is 30.0. The van der Waals surface area contributed by atoms with Gasteiger partial charge in [0, 0.05) is 12.8 Å². The summed E-state index contributed by atoms with van der Waals surface area (Å²) in [5, 5.41) is 10.6. The fourth-order valence-electron chi connectivity index (χ4n) is 5.83. The van der Waals surface area contributed by atoms with Crippen LogP contribution in [0.4, 0.5) is 0 Å². The van der Waals surface area contributed by atoms with Gasteiger partial charge in [0.2, 0.25) is 0 Å². The van der Waals surface area contributed by atoms with Crippen molar-refractivity contribution in [2.75, 3.05) is 0 Å². The van der Waals surface area contributed by atoms with Crippen molar-refractivity contribution >= 4 is 11.6 Å². The molecule has 0 saturated carbocycles. The molecule has 4 nitrogen and oxygen atoms in total. The van der Waals surface area contributed by atoms with Crippen molar-refractivity contribution in [2.45, 2.75) is 213 Å². The summed E-state index contributed by atoms with van der Waals surface area (Å²) in [6.07, 6.45) is 33.2. The Morgan fingerprint density at radius 3 is 0.850 bits per heavy atom. The van der Waals surface area contributed by atoms with Crippen LogP contribution in [-0.4, -0.2) is 22.4 Å². The van der Waals surface area contributed by atoms with Crippen LogP contribution in [0.25, 0.3) is 0 Å². The first-order valence-electron chi connectivity index (χ1n) is 17.8. The van der Waals surface area contributed by atoms with Gasteiger partial charge in [0.1, 0.15) is 22.7 Å². The molecule has 40 heavy (non-hydrogen) atoms. The fraction of sp³-hybridized carbons (Fsp3) is 0.944. The summed E-state index contributed by atoms with van der Waals surface area (Å²) < 4.78 is 0. The van der Waals surface area contributed by atoms with Crippen LogP contribution >= 0.6 is 0 Å². The highest BCUT2D eigenvalue weighted by atomic mass is 16.3. The number of carbonyl (C=O) groups excluding carboxylic acids is 2. The van der Waals surface area contributed by atoms with Crippen LogP contribution < -0.4 is 5.73 Å². The van der Waals surface area contributed by atoms with Crippen molar-refractivity contribution in [3.05, 3.63) is 0 Å². The number of hydrogen-bond acceptors (Lipinski definition) is 4. The predicted octanol–water partition coefficient (Wildman–Crippen LogP) is 10.8. The zero-order valence-electron chi connectivity index (χ0n) is 27.6. The van der Waals surface area contributed by atoms with E-state index in [2.05, 4.69) is 13.8 Å². The van der Waals surface area contributed by atoms with E-state index in [0.29, 0.717) is 12.8 Å². The molecule has 0 saturated heterocycles. The second kappa shape index (κ2) is 25.9. The highest BCUT2D eigenvalue weighted by Gasteiger charge is 2.51. The maximum absolute atomic E-state index is 13.1. The summed E-state index contributed by atoms with van der Waals surface area (Å²) in [5.41, 5.74) is 2.68. The normalized spacial score (nSPS) is 13.4. The van der Waals surface area contributed by atoms with Gasteiger partial charge < -0.3 is 10.8 Å². The topological polar surface area (TPSA) is 80.4 Å². The van der Waals surface area contributed by atoms with Crippen LogP contribution in [0.3, 0.4) is 0 Å². The number of nitrogens with two attached hydrogens (primary N) is 1. The van der Waals surface area contributed by atoms with Crippen molar-refractivity contribution in [1.82, 2.24) is 0 Å². The molecule has 0 radical (unpaired) electrons. The summed E-state index contributed by atoms with van der Waals surface area (Å²) in [6, 6.07) is 0. The third kappa shape index (κ3) is 19.4. The molecule has 0 heterocycles. The lowest BCUT2D eigenvalue weighted by atomic mass is 9.70. The maximum atomic E-state index is 13.1. The first-order chi connectivity index (χ1) is 19.2. The number of rotatable bonds is 31. The van der Waals surface area contributed by atoms with E-state index in [-0.39, 0.29) is 11.6 Å². The van der Waals surface area contributed by atoms with Crippen molar-refractivity contribution in [1.29, 1.82) is 0 Å². The van der Waals surface area contributed by atoms with Gasteiger partial charge in [-0.2, -0.15) is 0 Å². The molecule has 0 spiro atoms. The van der Waals surface area contributed by atoms with Crippen LogP contribution in [0.1, 0.15) is 207 Å². The molecule has 0 amide bonds. The highest BCUT2D eigenvalue weighted by molar-refractivity contribution is 6.07. The number of carbonyl (C=O) groups is 2. The minimum atomic E-state index is -1.83. The lowest BCUT2D eigenvalue weighted by molar-refractivity contribution is -0.156. The van der Waals surface area contributed by atoms with E-state index in [4.69, 9.17) is 5.73 Å². The second-order valence-corrected chi connectivity index (χ2v) is 13.1. The number of ketones is 2. The van der Waals surface area contributed by atoms with Gasteiger partial charge >= 0.3 is 0 Å². The maximum Gasteiger partial charge on any atom is 0.150 e. The molecule has 0 aromatic rings. The lowest BCUT2D eigenvalue weighted by Gasteiger charge is -2.37. The SMILES string of the molecule is CCCCCCCCCCCCCCCC(=O)C(C)(C(=O)CCCCCCCCCCCCCCC)C(C)(N)O. The van der Waals surface area contributed by atoms with Crippen LogP contribution in [-0.2, 0) is 9.59 Å². The Labute approximate surface area is 250 Å². The molecule has 0 aliphatic carbocycles. The first kappa shape index (κ1) is 39.3. The van der Waals surface area contributed by atoms with Gasteiger partial charge in [0.25, 0.3) is 0 Å². The monoisotopic (exact) mass is 566 g/mol. The van der Waals surface area contributed by atoms with Crippen molar-refractivity contribution < 1.29 is 14.7 Å². The van der Waals surface area contributed by atoms with E-state index in [1.807, 2.05) is 0 Å². The zero-order valence-corrected chi connectivity index (χ0v) is 27.6. The summed E-state index contributed by atoms with van der Waals surface area (Å²) >= 11 is 0. The molecular formula is C36H71NO3. The van der Waals surface area contributed by atoms with E-state index < -0.39 is 11.1 Å². The first-order valence-corrected chi connectivity index (χ1v) is 17.8. The number of aliphatic hydroxyl groups is 1. The molecule has 3 N–H and O–H groups in total. The number of Topliss-reactive ketones (excluding diaryl/α,β-unsaturated/α-hetero) is 2. The summed E-state index contributed by atoms with van der Waals surface area (Å²) in [6.45, 7) is 7.51. The van der Waals surface area contributed by atoms with Gasteiger partial charge in [-0.15, -0.1) is 0 Å². The molecule has 0 aromatic heterocycles. The molecule has 0 aliphatic rings. The Kier molecular flexibility index (Phi) is 25.5. The van der Waals surface area contributed by atoms with Gasteiger partial charge in [-0.1, -0.05) is 168 Å². The van der Waals surface area contributed by atoms with Gasteiger partial charge in [-0.05, 0) is 26.7 Å². The van der Waals surface area contributed by atoms with Crippen LogP contribution in [0.5, 0.6) is 0 Å². The Bertz CT molecular complexity index is 553. The number of hydrogen-bond donors (Lipinski definition) is 2. The molecule has 0 fully saturated rings. The molecule has 0 bridgehead atoms. The fourth-order valence-corrected chi connectivity index (χ4v) is 5.83. The Morgan fingerprint density at radius 2 is 0.650 bits per heavy atom. The quantitative estimate of drug-likeness (QED) is 0.0497. The average molecular weight is 566 g/mol. The third-order valence-corrected chi connectivity index (χ3v) is 9.14. The van der Waals surface area contributed by atoms with E-state index >= 15 is 0 Å². The molecule has 0 aromatic carbocycles. The van der Waals surface area contributed by atoms with Crippen LogP contribution in [0.15, 0.2) is 0 Å². The van der Waals surface area contributed by atoms with Gasteiger partial charge in [-0.3, -0.25) is 9.59 Å². The predicted molar refractivity (Wildman–Crippen MR) is 174 cm³/mol. The van der Waals surface area contributed by atoms with Crippen LogP contribution in [0, 0.1) is 5.41 Å². The van der Waals surface area contributed by atoms with Gasteiger partial charge in [-0.25, -0.2) is 0 Å². The summed E-state index contributed by atoms with van der Waals surface area (Å²) in [7, 11) is 0. The van der Waals surface area contributed by atoms with E-state index in [1.54, 1.807) is 6.92 Å². The Hall–Kier alpha value is -0.740. The molecule has 4 heteroatoms. The molecular weight excluding hydrogens is 494 g/mol. The lowest BCUT2D eigenvalue weighted by Crippen LogP contribution is -2.60. The van der Waals surface area contributed by atoms with E-state index in [1.165, 1.54) is 135 Å². The van der Waals surface area contributed by atoms with E-state index in [9.17, 15) is 14.7 Å². The largest absolute Gasteiger partial charge is 0.375 e. The van der Waals surface area contributed by atoms with Gasteiger partial charge in [0.05, 0.1) is 0 Å².